The van der Waals surface area contributed by atoms with Gasteiger partial charge >= 0.3 is 10.2 Å². The summed E-state index contributed by atoms with van der Waals surface area (Å²) in [5.74, 6) is -2.27. The van der Waals surface area contributed by atoms with Crippen LogP contribution in [0.1, 0.15) is 54.3 Å². The number of imide groups is 1. The summed E-state index contributed by atoms with van der Waals surface area (Å²) in [5, 5.41) is 11.4. The molecular weight excluding hydrogens is 770 g/mol. The SMILES string of the molecule is Cn1nc(C2CCC(=O)NC2=O)c2ccc(C3CCN(CC(=O)NCCOc4ccc5cc(OCc6ccccc6)c(N6CC(=O)NS6(=O)=O)c(F)c5c4)CC3)cc21. The van der Waals surface area contributed by atoms with E-state index in [1.807, 2.05) is 48.2 Å². The van der Waals surface area contributed by atoms with Gasteiger partial charge in [-0.25, -0.2) is 13.4 Å². The second kappa shape index (κ2) is 16.1. The van der Waals surface area contributed by atoms with Gasteiger partial charge in [-0.2, -0.15) is 13.5 Å². The molecule has 3 fully saturated rings. The highest BCUT2D eigenvalue weighted by molar-refractivity contribution is 7.92. The summed E-state index contributed by atoms with van der Waals surface area (Å²) in [4.78, 5) is 51.2. The number of fused-ring (bicyclic) bond motifs is 2. The van der Waals surface area contributed by atoms with E-state index in [0.29, 0.717) is 39.9 Å². The van der Waals surface area contributed by atoms with Crippen molar-refractivity contribution in [3.8, 4) is 11.5 Å². The summed E-state index contributed by atoms with van der Waals surface area (Å²) >= 11 is 0. The molecule has 3 aliphatic heterocycles. The number of carbonyl (C=O) groups is 4. The highest BCUT2D eigenvalue weighted by Crippen LogP contribution is 2.41. The number of nitrogens with zero attached hydrogens (tertiary/aromatic N) is 4. The fourth-order valence-corrected chi connectivity index (χ4v) is 9.08. The Hall–Kier alpha value is -6.07. The van der Waals surface area contributed by atoms with Gasteiger partial charge in [0.05, 0.1) is 30.2 Å². The predicted octanol–water partition coefficient (Wildman–Crippen LogP) is 3.52. The van der Waals surface area contributed by atoms with Gasteiger partial charge in [0.2, 0.25) is 17.7 Å². The molecular formula is C41H42FN7O8S. The van der Waals surface area contributed by atoms with Crippen LogP contribution in [0.15, 0.2) is 72.8 Å². The first-order valence-corrected chi connectivity index (χ1v) is 20.6. The number of nitrogens with one attached hydrogen (secondary N) is 3. The zero-order valence-electron chi connectivity index (χ0n) is 31.7. The number of hydrogen-bond donors (Lipinski definition) is 3. The fraction of sp³-hybridized carbons (Fsp3) is 0.341. The average molecular weight is 812 g/mol. The maximum Gasteiger partial charge on any atom is 0.326 e. The van der Waals surface area contributed by atoms with Crippen molar-refractivity contribution in [1.29, 1.82) is 0 Å². The van der Waals surface area contributed by atoms with Crippen LogP contribution in [0.5, 0.6) is 11.5 Å². The van der Waals surface area contributed by atoms with Gasteiger partial charge in [0.15, 0.2) is 5.82 Å². The number of ether oxygens (including phenoxy) is 2. The number of halogens is 1. The number of carbonyl (C=O) groups excluding carboxylic acids is 4. The molecule has 0 aliphatic carbocycles. The van der Waals surface area contributed by atoms with Crippen molar-refractivity contribution in [2.45, 2.75) is 44.1 Å². The smallest absolute Gasteiger partial charge is 0.326 e. The van der Waals surface area contributed by atoms with Crippen molar-refractivity contribution in [3.05, 3.63) is 95.4 Å². The van der Waals surface area contributed by atoms with Gasteiger partial charge in [-0.15, -0.1) is 0 Å². The minimum Gasteiger partial charge on any atom is -0.492 e. The number of benzene rings is 4. The molecule has 0 saturated carbocycles. The van der Waals surface area contributed by atoms with E-state index in [-0.39, 0.29) is 60.8 Å². The number of amides is 4. The van der Waals surface area contributed by atoms with Gasteiger partial charge in [-0.1, -0.05) is 48.5 Å². The van der Waals surface area contributed by atoms with Crippen LogP contribution in [0.25, 0.3) is 21.7 Å². The monoisotopic (exact) mass is 811 g/mol. The van der Waals surface area contributed by atoms with Crippen LogP contribution in [0.2, 0.25) is 0 Å². The third-order valence-corrected chi connectivity index (χ3v) is 12.3. The minimum absolute atomic E-state index is 0.0390. The highest BCUT2D eigenvalue weighted by atomic mass is 32.2. The normalized spacial score (nSPS) is 18.7. The van der Waals surface area contributed by atoms with Crippen molar-refractivity contribution in [2.75, 3.05) is 43.6 Å². The van der Waals surface area contributed by atoms with E-state index in [2.05, 4.69) is 32.8 Å². The first kappa shape index (κ1) is 38.8. The number of hydrogen-bond acceptors (Lipinski definition) is 10. The Morgan fingerprint density at radius 3 is 2.48 bits per heavy atom. The Kier molecular flexibility index (Phi) is 10.7. The topological polar surface area (TPSA) is 181 Å². The quantitative estimate of drug-likeness (QED) is 0.125. The van der Waals surface area contributed by atoms with Gasteiger partial charge in [-0.3, -0.25) is 34.1 Å². The lowest BCUT2D eigenvalue weighted by molar-refractivity contribution is -0.134. The van der Waals surface area contributed by atoms with Crippen LogP contribution in [0, 0.1) is 5.82 Å². The number of anilines is 1. The molecule has 17 heteroatoms. The lowest BCUT2D eigenvalue weighted by Crippen LogP contribution is -2.42. The Morgan fingerprint density at radius 1 is 0.948 bits per heavy atom. The van der Waals surface area contributed by atoms with Crippen molar-refractivity contribution >= 4 is 61.2 Å². The maximum absolute atomic E-state index is 16.3. The second-order valence-corrected chi connectivity index (χ2v) is 16.4. The summed E-state index contributed by atoms with van der Waals surface area (Å²) in [5.41, 5.74) is 3.21. The van der Waals surface area contributed by atoms with Crippen molar-refractivity contribution < 1.29 is 41.5 Å². The molecule has 302 valence electrons. The van der Waals surface area contributed by atoms with Crippen LogP contribution >= 0.6 is 0 Å². The van der Waals surface area contributed by atoms with E-state index in [1.165, 1.54) is 17.7 Å². The average Bonchev–Trinajstić information content (AvgIpc) is 3.68. The van der Waals surface area contributed by atoms with E-state index in [0.717, 1.165) is 42.4 Å². The van der Waals surface area contributed by atoms with E-state index in [4.69, 9.17) is 9.47 Å². The van der Waals surface area contributed by atoms with Gasteiger partial charge in [0.25, 0.3) is 5.91 Å². The maximum atomic E-state index is 16.3. The molecule has 8 rings (SSSR count). The number of piperidine rings is 2. The van der Waals surface area contributed by atoms with Crippen LogP contribution in [-0.2, 0) is 43.0 Å². The third kappa shape index (κ3) is 8.04. The molecule has 1 unspecified atom stereocenters. The zero-order chi connectivity index (χ0) is 40.6. The Morgan fingerprint density at radius 2 is 1.74 bits per heavy atom. The molecule has 0 bridgehead atoms. The standard InChI is InChI=1S/C41H42FN7O8S/c1-47-33-19-27(8-10-30(33)39(45-47)31-11-12-35(50)44-41(31)53)26-13-16-48(17-14-26)22-36(51)43-15-18-56-29-9-7-28-20-34(57-24-25-5-3-2-4-6-25)40(38(42)32(28)21-29)49-23-37(52)46-58(49,54)55/h2-10,19-21,26,31H,11-18,22-24H2,1H3,(H,43,51)(H,46,52)(H,44,50,53). The van der Waals surface area contributed by atoms with Gasteiger partial charge in [0.1, 0.15) is 36.9 Å². The first-order valence-electron chi connectivity index (χ1n) is 19.1. The summed E-state index contributed by atoms with van der Waals surface area (Å²) in [7, 11) is -2.48. The Labute approximate surface area is 333 Å². The van der Waals surface area contributed by atoms with E-state index < -0.39 is 34.4 Å². The van der Waals surface area contributed by atoms with Crippen LogP contribution < -0.4 is 29.1 Å². The predicted molar refractivity (Wildman–Crippen MR) is 212 cm³/mol. The van der Waals surface area contributed by atoms with Crippen molar-refractivity contribution in [2.24, 2.45) is 7.05 Å². The number of likely N-dealkylation sites (tertiary alicyclic amines) is 1. The summed E-state index contributed by atoms with van der Waals surface area (Å²) in [6.07, 6.45) is 2.48. The lowest BCUT2D eigenvalue weighted by atomic mass is 9.88. The molecule has 1 atom stereocenters. The van der Waals surface area contributed by atoms with Gasteiger partial charge in [-0.05, 0) is 79.0 Å². The largest absolute Gasteiger partial charge is 0.492 e. The number of aromatic nitrogens is 2. The molecule has 1 aromatic heterocycles. The molecule has 58 heavy (non-hydrogen) atoms. The summed E-state index contributed by atoms with van der Waals surface area (Å²) < 4.78 is 58.0. The number of rotatable bonds is 12. The molecule has 15 nitrogen and oxygen atoms in total. The summed E-state index contributed by atoms with van der Waals surface area (Å²) in [6.45, 7) is 1.47. The van der Waals surface area contributed by atoms with Crippen molar-refractivity contribution in [3.63, 3.8) is 0 Å². The number of aryl methyl sites for hydroxylation is 1. The fourth-order valence-electron chi connectivity index (χ4n) is 7.92. The first-order chi connectivity index (χ1) is 27.9. The summed E-state index contributed by atoms with van der Waals surface area (Å²) in [6, 6.07) is 21.6. The molecule has 3 N–H and O–H groups in total. The van der Waals surface area contributed by atoms with E-state index >= 15 is 4.39 Å². The molecule has 4 heterocycles. The minimum atomic E-state index is -4.34. The molecule has 0 radical (unpaired) electrons. The lowest BCUT2D eigenvalue weighted by Gasteiger charge is -2.31. The Bertz CT molecular complexity index is 2540. The van der Waals surface area contributed by atoms with Gasteiger partial charge < -0.3 is 14.8 Å². The van der Waals surface area contributed by atoms with Crippen molar-refractivity contribution in [1.82, 2.24) is 30.0 Å². The van der Waals surface area contributed by atoms with E-state index in [1.54, 1.807) is 16.8 Å². The van der Waals surface area contributed by atoms with Gasteiger partial charge in [0, 0.05) is 24.2 Å². The van der Waals surface area contributed by atoms with Crippen LogP contribution in [0.4, 0.5) is 10.1 Å². The second-order valence-electron chi connectivity index (χ2n) is 14.8. The van der Waals surface area contributed by atoms with Crippen LogP contribution in [-0.4, -0.2) is 86.1 Å². The molecule has 3 aliphatic rings. The third-order valence-electron chi connectivity index (χ3n) is 10.9. The zero-order valence-corrected chi connectivity index (χ0v) is 32.5. The molecule has 0 spiro atoms. The Balaban J connectivity index is 0.848. The molecule has 3 saturated heterocycles. The molecule has 5 aromatic rings. The highest BCUT2D eigenvalue weighted by Gasteiger charge is 2.38. The van der Waals surface area contributed by atoms with Crippen LogP contribution in [0.3, 0.4) is 0 Å². The van der Waals surface area contributed by atoms with E-state index in [9.17, 15) is 27.6 Å². The molecule has 4 aromatic carbocycles. The molecule has 4 amide bonds.